The van der Waals surface area contributed by atoms with E-state index < -0.39 is 0 Å². The molecule has 2 rings (SSSR count). The van der Waals surface area contributed by atoms with Crippen molar-refractivity contribution in [3.8, 4) is 17.2 Å². The highest BCUT2D eigenvalue weighted by molar-refractivity contribution is 5.79. The number of hydrogen-bond donors (Lipinski definition) is 2. The number of guanidine groups is 1. The van der Waals surface area contributed by atoms with Crippen LogP contribution in [-0.2, 0) is 6.54 Å². The average molecular weight is 371 g/mol. The minimum absolute atomic E-state index is 0.556. The van der Waals surface area contributed by atoms with Gasteiger partial charge in [-0.05, 0) is 43.7 Å². The van der Waals surface area contributed by atoms with Gasteiger partial charge in [-0.25, -0.2) is 0 Å². The van der Waals surface area contributed by atoms with Gasteiger partial charge >= 0.3 is 0 Å². The van der Waals surface area contributed by atoms with Gasteiger partial charge in [0.2, 0.25) is 0 Å². The van der Waals surface area contributed by atoms with Crippen molar-refractivity contribution in [3.63, 3.8) is 0 Å². The smallest absolute Gasteiger partial charge is 0.191 e. The first kappa shape index (κ1) is 20.4. The third-order valence-electron chi connectivity index (χ3n) is 3.90. The molecule has 2 aromatic carbocycles. The lowest BCUT2D eigenvalue weighted by atomic mass is 10.2. The van der Waals surface area contributed by atoms with Crippen molar-refractivity contribution in [1.29, 1.82) is 0 Å². The number of aryl methyl sites for hydroxylation is 1. The van der Waals surface area contributed by atoms with Gasteiger partial charge in [0.15, 0.2) is 17.5 Å². The van der Waals surface area contributed by atoms with E-state index in [9.17, 15) is 0 Å². The summed E-state index contributed by atoms with van der Waals surface area (Å²) < 4.78 is 16.6. The Kier molecular flexibility index (Phi) is 8.29. The van der Waals surface area contributed by atoms with Gasteiger partial charge in [0.1, 0.15) is 12.4 Å². The predicted octanol–water partition coefficient (Wildman–Crippen LogP) is 3.15. The van der Waals surface area contributed by atoms with Crippen molar-refractivity contribution in [1.82, 2.24) is 10.6 Å². The summed E-state index contributed by atoms with van der Waals surface area (Å²) in [7, 11) is 3.38. The Balaban J connectivity index is 1.78. The Labute approximate surface area is 161 Å². The number of rotatable bonds is 9. The summed E-state index contributed by atoms with van der Waals surface area (Å²) in [5.74, 6) is 3.06. The lowest BCUT2D eigenvalue weighted by molar-refractivity contribution is 0.310. The van der Waals surface area contributed by atoms with Gasteiger partial charge in [-0.15, -0.1) is 0 Å². The molecule has 0 fully saturated rings. The van der Waals surface area contributed by atoms with Crippen molar-refractivity contribution in [2.75, 3.05) is 33.9 Å². The highest BCUT2D eigenvalue weighted by Crippen LogP contribution is 2.27. The molecule has 0 aromatic heterocycles. The number of methoxy groups -OCH3 is 1. The summed E-state index contributed by atoms with van der Waals surface area (Å²) in [5, 5.41) is 6.53. The maximum atomic E-state index is 5.71. The first-order chi connectivity index (χ1) is 13.2. The topological polar surface area (TPSA) is 64.1 Å². The second-order valence-corrected chi connectivity index (χ2v) is 5.93. The van der Waals surface area contributed by atoms with E-state index in [1.807, 2.05) is 49.4 Å². The molecule has 6 heteroatoms. The van der Waals surface area contributed by atoms with Gasteiger partial charge in [-0.2, -0.15) is 0 Å². The minimum Gasteiger partial charge on any atom is -0.493 e. The molecule has 0 atom stereocenters. The third kappa shape index (κ3) is 6.73. The second-order valence-electron chi connectivity index (χ2n) is 5.93. The maximum absolute atomic E-state index is 5.71. The summed E-state index contributed by atoms with van der Waals surface area (Å²) in [6.45, 7) is 6.44. The monoisotopic (exact) mass is 371 g/mol. The van der Waals surface area contributed by atoms with Crippen LogP contribution in [0.4, 0.5) is 0 Å². The standard InChI is InChI=1S/C21H29N3O3/c1-5-26-20-14-17(8-11-19(20)25-4)15-24-21(22-3)23-12-13-27-18-9-6-16(2)7-10-18/h6-11,14H,5,12-13,15H2,1-4H3,(H2,22,23,24). The highest BCUT2D eigenvalue weighted by Gasteiger charge is 2.06. The summed E-state index contributed by atoms with van der Waals surface area (Å²) in [6.07, 6.45) is 0. The van der Waals surface area contributed by atoms with Crippen molar-refractivity contribution in [3.05, 3.63) is 53.6 Å². The van der Waals surface area contributed by atoms with Crippen LogP contribution >= 0.6 is 0 Å². The maximum Gasteiger partial charge on any atom is 0.191 e. The molecule has 2 N–H and O–H groups in total. The van der Waals surface area contributed by atoms with Crippen molar-refractivity contribution >= 4 is 5.96 Å². The van der Waals surface area contributed by atoms with E-state index in [1.165, 1.54) is 5.56 Å². The molecule has 0 saturated carbocycles. The van der Waals surface area contributed by atoms with Crippen LogP contribution in [0.25, 0.3) is 0 Å². The predicted molar refractivity (Wildman–Crippen MR) is 109 cm³/mol. The Morgan fingerprint density at radius 2 is 1.78 bits per heavy atom. The van der Waals surface area contributed by atoms with Gasteiger partial charge in [-0.1, -0.05) is 23.8 Å². The zero-order valence-corrected chi connectivity index (χ0v) is 16.5. The molecule has 2 aromatic rings. The van der Waals surface area contributed by atoms with Crippen LogP contribution < -0.4 is 24.8 Å². The fraction of sp³-hybridized carbons (Fsp3) is 0.381. The molecule has 0 spiro atoms. The summed E-state index contributed by atoms with van der Waals surface area (Å²) in [4.78, 5) is 4.23. The molecule has 146 valence electrons. The van der Waals surface area contributed by atoms with Crippen LogP contribution in [0, 0.1) is 6.92 Å². The molecular weight excluding hydrogens is 342 g/mol. The molecule has 0 unspecified atom stereocenters. The van der Waals surface area contributed by atoms with E-state index in [4.69, 9.17) is 14.2 Å². The van der Waals surface area contributed by atoms with Crippen LogP contribution in [-0.4, -0.2) is 39.9 Å². The summed E-state index contributed by atoms with van der Waals surface area (Å²) in [6, 6.07) is 13.9. The van der Waals surface area contributed by atoms with Crippen LogP contribution in [0.2, 0.25) is 0 Å². The van der Waals surface area contributed by atoms with Gasteiger partial charge < -0.3 is 24.8 Å². The Morgan fingerprint density at radius 1 is 1.00 bits per heavy atom. The number of hydrogen-bond acceptors (Lipinski definition) is 4. The van der Waals surface area contributed by atoms with E-state index in [0.29, 0.717) is 26.3 Å². The van der Waals surface area contributed by atoms with Gasteiger partial charge in [0.05, 0.1) is 20.3 Å². The lowest BCUT2D eigenvalue weighted by Crippen LogP contribution is -2.38. The molecule has 6 nitrogen and oxygen atoms in total. The summed E-state index contributed by atoms with van der Waals surface area (Å²) >= 11 is 0. The number of nitrogens with zero attached hydrogens (tertiary/aromatic N) is 1. The average Bonchev–Trinajstić information content (AvgIpc) is 2.69. The van der Waals surface area contributed by atoms with E-state index in [-0.39, 0.29) is 0 Å². The van der Waals surface area contributed by atoms with E-state index in [2.05, 4.69) is 22.5 Å². The van der Waals surface area contributed by atoms with E-state index in [0.717, 1.165) is 28.8 Å². The fourth-order valence-corrected chi connectivity index (χ4v) is 2.48. The Bertz CT molecular complexity index is 730. The van der Waals surface area contributed by atoms with Gasteiger partial charge in [-0.3, -0.25) is 4.99 Å². The van der Waals surface area contributed by atoms with E-state index in [1.54, 1.807) is 14.2 Å². The fourth-order valence-electron chi connectivity index (χ4n) is 2.48. The largest absolute Gasteiger partial charge is 0.493 e. The molecule has 0 aliphatic heterocycles. The molecule has 0 saturated heterocycles. The normalized spacial score (nSPS) is 11.0. The number of ether oxygens (including phenoxy) is 3. The van der Waals surface area contributed by atoms with Gasteiger partial charge in [0.25, 0.3) is 0 Å². The first-order valence-corrected chi connectivity index (χ1v) is 9.10. The van der Waals surface area contributed by atoms with Crippen LogP contribution in [0.3, 0.4) is 0 Å². The zero-order valence-electron chi connectivity index (χ0n) is 16.5. The molecule has 0 amide bonds. The number of nitrogens with one attached hydrogen (secondary N) is 2. The van der Waals surface area contributed by atoms with Crippen LogP contribution in [0.5, 0.6) is 17.2 Å². The second kappa shape index (κ2) is 11.0. The molecule has 0 aliphatic carbocycles. The summed E-state index contributed by atoms with van der Waals surface area (Å²) in [5.41, 5.74) is 2.30. The third-order valence-corrected chi connectivity index (χ3v) is 3.90. The van der Waals surface area contributed by atoms with Crippen molar-refractivity contribution < 1.29 is 14.2 Å². The van der Waals surface area contributed by atoms with E-state index >= 15 is 0 Å². The Morgan fingerprint density at radius 3 is 2.44 bits per heavy atom. The molecular formula is C21H29N3O3. The SMILES string of the molecule is CCOc1cc(CNC(=NC)NCCOc2ccc(C)cc2)ccc1OC. The molecule has 0 radical (unpaired) electrons. The molecule has 0 aliphatic rings. The zero-order chi connectivity index (χ0) is 19.5. The molecule has 0 heterocycles. The number of benzene rings is 2. The minimum atomic E-state index is 0.556. The molecule has 0 bridgehead atoms. The van der Waals surface area contributed by atoms with Crippen molar-refractivity contribution in [2.45, 2.75) is 20.4 Å². The quantitative estimate of drug-likeness (QED) is 0.403. The molecule has 27 heavy (non-hydrogen) atoms. The van der Waals surface area contributed by atoms with Crippen LogP contribution in [0.15, 0.2) is 47.5 Å². The first-order valence-electron chi connectivity index (χ1n) is 9.10. The van der Waals surface area contributed by atoms with Crippen LogP contribution in [0.1, 0.15) is 18.1 Å². The van der Waals surface area contributed by atoms with Gasteiger partial charge in [0, 0.05) is 13.6 Å². The lowest BCUT2D eigenvalue weighted by Gasteiger charge is -2.14. The highest BCUT2D eigenvalue weighted by atomic mass is 16.5. The van der Waals surface area contributed by atoms with Crippen molar-refractivity contribution in [2.24, 2.45) is 4.99 Å². The Hall–Kier alpha value is -2.89. The number of aliphatic imine (C=N–C) groups is 1.